The van der Waals surface area contributed by atoms with Gasteiger partial charge >= 0.3 is 0 Å². The Balaban J connectivity index is 1.44. The lowest BCUT2D eigenvalue weighted by molar-refractivity contribution is 0.0350. The van der Waals surface area contributed by atoms with Crippen molar-refractivity contribution in [2.45, 2.75) is 31.9 Å². The molecule has 0 atom stereocenters. The second kappa shape index (κ2) is 6.49. The zero-order valence-corrected chi connectivity index (χ0v) is 15.7. The van der Waals surface area contributed by atoms with Crippen LogP contribution in [0.2, 0.25) is 0 Å². The molecule has 8 heteroatoms. The Labute approximate surface area is 161 Å². The van der Waals surface area contributed by atoms with Crippen LogP contribution in [0.3, 0.4) is 0 Å². The molecule has 0 spiro atoms. The number of anilines is 1. The molecule has 1 N–H and O–H groups in total. The van der Waals surface area contributed by atoms with Crippen molar-refractivity contribution >= 4 is 28.0 Å². The van der Waals surface area contributed by atoms with Gasteiger partial charge in [-0.05, 0) is 43.5 Å². The molecule has 0 bridgehead atoms. The maximum absolute atomic E-state index is 10.2. The van der Waals surface area contributed by atoms with Crippen molar-refractivity contribution in [1.29, 1.82) is 0 Å². The fourth-order valence-corrected chi connectivity index (χ4v) is 3.62. The number of hydrogen-bond acceptors (Lipinski definition) is 7. The highest BCUT2D eigenvalue weighted by Gasteiger charge is 2.28. The molecule has 0 unspecified atom stereocenters. The summed E-state index contributed by atoms with van der Waals surface area (Å²) in [7, 11) is 0. The van der Waals surface area contributed by atoms with Crippen LogP contribution in [0.1, 0.15) is 25.3 Å². The number of piperidine rings is 1. The molecule has 5 rings (SSSR count). The summed E-state index contributed by atoms with van der Waals surface area (Å²) in [6.07, 6.45) is 4.97. The molecule has 0 aliphatic carbocycles. The zero-order valence-electron chi connectivity index (χ0n) is 15.7. The standard InChI is InChI=1S/C20H21N7O/c1-20(28)6-9-26(10-7-20)17-12-22-18-19(23-17)27(25-24-18)13-14-4-5-16-15(11-14)3-2-8-21-16/h2-5,8,11-12,28H,6-7,9-10,13H2,1H3. The van der Waals surface area contributed by atoms with Crippen molar-refractivity contribution in [3.8, 4) is 0 Å². The van der Waals surface area contributed by atoms with Gasteiger partial charge in [-0.2, -0.15) is 0 Å². The van der Waals surface area contributed by atoms with Crippen molar-refractivity contribution in [3.63, 3.8) is 0 Å². The van der Waals surface area contributed by atoms with Gasteiger partial charge < -0.3 is 10.0 Å². The van der Waals surface area contributed by atoms with Gasteiger partial charge in [-0.15, -0.1) is 5.10 Å². The minimum atomic E-state index is -0.595. The van der Waals surface area contributed by atoms with E-state index in [1.54, 1.807) is 17.1 Å². The molecule has 4 aromatic rings. The average molecular weight is 375 g/mol. The predicted octanol–water partition coefficient (Wildman–Crippen LogP) is 2.17. The number of fused-ring (bicyclic) bond motifs is 2. The first-order valence-corrected chi connectivity index (χ1v) is 9.45. The molecule has 4 heterocycles. The van der Waals surface area contributed by atoms with E-state index in [0.29, 0.717) is 17.8 Å². The van der Waals surface area contributed by atoms with Crippen LogP contribution in [0.15, 0.2) is 42.7 Å². The van der Waals surface area contributed by atoms with E-state index in [2.05, 4.69) is 37.3 Å². The number of benzene rings is 1. The summed E-state index contributed by atoms with van der Waals surface area (Å²) in [4.78, 5) is 15.7. The molecule has 0 radical (unpaired) electrons. The highest BCUT2D eigenvalue weighted by Crippen LogP contribution is 2.25. The van der Waals surface area contributed by atoms with E-state index in [0.717, 1.165) is 48.2 Å². The Morgan fingerprint density at radius 3 is 2.86 bits per heavy atom. The SMILES string of the molecule is CC1(O)CCN(c2cnc3nnn(Cc4ccc5ncccc5c4)c3n2)CC1. The van der Waals surface area contributed by atoms with Gasteiger partial charge in [-0.3, -0.25) is 4.98 Å². The van der Waals surface area contributed by atoms with Crippen molar-refractivity contribution in [1.82, 2.24) is 29.9 Å². The fourth-order valence-electron chi connectivity index (χ4n) is 3.62. The second-order valence-electron chi connectivity index (χ2n) is 7.64. The Kier molecular flexibility index (Phi) is 3.94. The largest absolute Gasteiger partial charge is 0.390 e. The molecule has 1 aromatic carbocycles. The molecule has 1 aliphatic rings. The number of nitrogens with zero attached hydrogens (tertiary/aromatic N) is 7. The first-order valence-electron chi connectivity index (χ1n) is 9.45. The lowest BCUT2D eigenvalue weighted by Gasteiger charge is -2.36. The summed E-state index contributed by atoms with van der Waals surface area (Å²) in [6.45, 7) is 3.96. The molecule has 142 valence electrons. The molecule has 0 saturated carbocycles. The van der Waals surface area contributed by atoms with Crippen molar-refractivity contribution in [2.24, 2.45) is 0 Å². The number of rotatable bonds is 3. The van der Waals surface area contributed by atoms with Crippen molar-refractivity contribution < 1.29 is 5.11 Å². The summed E-state index contributed by atoms with van der Waals surface area (Å²) in [5.41, 5.74) is 2.69. The third-order valence-electron chi connectivity index (χ3n) is 5.38. The third-order valence-corrected chi connectivity index (χ3v) is 5.38. The van der Waals surface area contributed by atoms with Gasteiger partial charge in [0.1, 0.15) is 5.82 Å². The maximum Gasteiger partial charge on any atom is 0.221 e. The number of aromatic nitrogens is 6. The van der Waals surface area contributed by atoms with Crippen LogP contribution in [0.25, 0.3) is 22.2 Å². The highest BCUT2D eigenvalue weighted by molar-refractivity contribution is 5.79. The topological polar surface area (TPSA) is 92.8 Å². The van der Waals surface area contributed by atoms with Crippen LogP contribution in [0.4, 0.5) is 5.82 Å². The van der Waals surface area contributed by atoms with Gasteiger partial charge in [-0.1, -0.05) is 17.3 Å². The van der Waals surface area contributed by atoms with Crippen LogP contribution in [-0.2, 0) is 6.54 Å². The van der Waals surface area contributed by atoms with Crippen LogP contribution in [-0.4, -0.2) is 53.7 Å². The lowest BCUT2D eigenvalue weighted by atomic mass is 9.94. The minimum Gasteiger partial charge on any atom is -0.390 e. The van der Waals surface area contributed by atoms with Gasteiger partial charge in [0.2, 0.25) is 5.65 Å². The maximum atomic E-state index is 10.2. The zero-order chi connectivity index (χ0) is 19.1. The van der Waals surface area contributed by atoms with Crippen molar-refractivity contribution in [3.05, 3.63) is 48.3 Å². The highest BCUT2D eigenvalue weighted by atomic mass is 16.3. The van der Waals surface area contributed by atoms with E-state index in [9.17, 15) is 5.11 Å². The number of hydrogen-bond donors (Lipinski definition) is 1. The van der Waals surface area contributed by atoms with E-state index in [-0.39, 0.29) is 0 Å². The monoisotopic (exact) mass is 375 g/mol. The summed E-state index contributed by atoms with van der Waals surface area (Å²) < 4.78 is 1.78. The minimum absolute atomic E-state index is 0.537. The van der Waals surface area contributed by atoms with Gasteiger partial charge in [0, 0.05) is 24.7 Å². The summed E-state index contributed by atoms with van der Waals surface area (Å²) in [6, 6.07) is 10.2. The Hall–Kier alpha value is -3.13. The fraction of sp³-hybridized carbons (Fsp3) is 0.350. The van der Waals surface area contributed by atoms with Crippen LogP contribution >= 0.6 is 0 Å². The molecule has 3 aromatic heterocycles. The van der Waals surface area contributed by atoms with Crippen LogP contribution in [0, 0.1) is 0 Å². The van der Waals surface area contributed by atoms with Crippen LogP contribution in [0.5, 0.6) is 0 Å². The van der Waals surface area contributed by atoms with E-state index in [4.69, 9.17) is 4.98 Å². The second-order valence-corrected chi connectivity index (χ2v) is 7.64. The number of aliphatic hydroxyl groups is 1. The lowest BCUT2D eigenvalue weighted by Crippen LogP contribution is -2.42. The van der Waals surface area contributed by atoms with Crippen LogP contribution < -0.4 is 4.90 Å². The molecule has 0 amide bonds. The molecule has 1 aliphatic heterocycles. The average Bonchev–Trinajstić information content (AvgIpc) is 3.10. The summed E-state index contributed by atoms with van der Waals surface area (Å²) in [5.74, 6) is 0.800. The molecule has 1 fully saturated rings. The normalized spacial score (nSPS) is 16.7. The molecule has 1 saturated heterocycles. The molecular weight excluding hydrogens is 354 g/mol. The van der Waals surface area contributed by atoms with Gasteiger partial charge in [0.05, 0.1) is 23.9 Å². The van der Waals surface area contributed by atoms with Crippen molar-refractivity contribution in [2.75, 3.05) is 18.0 Å². The summed E-state index contributed by atoms with van der Waals surface area (Å²) >= 11 is 0. The van der Waals surface area contributed by atoms with E-state index in [1.807, 2.05) is 25.1 Å². The summed E-state index contributed by atoms with van der Waals surface area (Å²) in [5, 5.41) is 19.7. The third kappa shape index (κ3) is 3.16. The Morgan fingerprint density at radius 1 is 1.14 bits per heavy atom. The first-order chi connectivity index (χ1) is 13.6. The smallest absolute Gasteiger partial charge is 0.221 e. The van der Waals surface area contributed by atoms with E-state index in [1.165, 1.54) is 0 Å². The Morgan fingerprint density at radius 2 is 2.00 bits per heavy atom. The van der Waals surface area contributed by atoms with Gasteiger partial charge in [-0.25, -0.2) is 14.6 Å². The molecule has 8 nitrogen and oxygen atoms in total. The van der Waals surface area contributed by atoms with E-state index >= 15 is 0 Å². The molecular formula is C20H21N7O. The number of pyridine rings is 1. The Bertz CT molecular complexity index is 1140. The molecule has 28 heavy (non-hydrogen) atoms. The van der Waals surface area contributed by atoms with Gasteiger partial charge in [0.25, 0.3) is 0 Å². The quantitative estimate of drug-likeness (QED) is 0.586. The first kappa shape index (κ1) is 17.0. The predicted molar refractivity (Wildman–Crippen MR) is 106 cm³/mol. The van der Waals surface area contributed by atoms with Gasteiger partial charge in [0.15, 0.2) is 5.65 Å². The van der Waals surface area contributed by atoms with E-state index < -0.39 is 5.60 Å².